The van der Waals surface area contributed by atoms with E-state index in [4.69, 9.17) is 4.42 Å². The summed E-state index contributed by atoms with van der Waals surface area (Å²) in [5.41, 5.74) is 0. The van der Waals surface area contributed by atoms with Gasteiger partial charge in [-0.15, -0.1) is 0 Å². The van der Waals surface area contributed by atoms with Crippen molar-refractivity contribution in [3.8, 4) is 0 Å². The quantitative estimate of drug-likeness (QED) is 0.667. The Morgan fingerprint density at radius 2 is 2.05 bits per heavy atom. The van der Waals surface area contributed by atoms with Gasteiger partial charge in [-0.2, -0.15) is 4.31 Å². The van der Waals surface area contributed by atoms with Crippen molar-refractivity contribution < 1.29 is 12.8 Å². The highest BCUT2D eigenvalue weighted by atomic mass is 79.9. The predicted molar refractivity (Wildman–Crippen MR) is 87.7 cm³/mol. The maximum Gasteiger partial charge on any atom is 0.247 e. The van der Waals surface area contributed by atoms with E-state index in [0.717, 1.165) is 25.8 Å². The van der Waals surface area contributed by atoms with E-state index >= 15 is 0 Å². The fraction of sp³-hybridized carbons (Fsp3) is 0.714. The number of nitrogens with zero attached hydrogens (tertiary/aromatic N) is 1. The van der Waals surface area contributed by atoms with Gasteiger partial charge in [-0.1, -0.05) is 20.3 Å². The summed E-state index contributed by atoms with van der Waals surface area (Å²) < 4.78 is 32.4. The Morgan fingerprint density at radius 3 is 2.62 bits per heavy atom. The molecule has 0 aliphatic heterocycles. The number of hydrogen-bond acceptors (Lipinski definition) is 4. The molecule has 1 aromatic heterocycles. The Bertz CT molecular complexity index is 542. The van der Waals surface area contributed by atoms with E-state index in [1.807, 2.05) is 13.8 Å². The molecular formula is C14H25BrN2O3S. The van der Waals surface area contributed by atoms with Crippen LogP contribution in [0.15, 0.2) is 20.0 Å². The van der Waals surface area contributed by atoms with Gasteiger partial charge in [-0.3, -0.25) is 0 Å². The minimum Gasteiger partial charge on any atom is -0.452 e. The molecule has 0 radical (unpaired) electrons. The molecule has 0 spiro atoms. The number of hydrogen-bond donors (Lipinski definition) is 1. The molecule has 1 rings (SSSR count). The van der Waals surface area contributed by atoms with E-state index < -0.39 is 10.0 Å². The maximum absolute atomic E-state index is 12.6. The van der Waals surface area contributed by atoms with Gasteiger partial charge < -0.3 is 9.73 Å². The van der Waals surface area contributed by atoms with Gasteiger partial charge in [0, 0.05) is 19.2 Å². The zero-order valence-electron chi connectivity index (χ0n) is 13.1. The molecule has 0 bridgehead atoms. The molecule has 1 aromatic rings. The lowest BCUT2D eigenvalue weighted by atomic mass is 10.2. The summed E-state index contributed by atoms with van der Waals surface area (Å²) in [6.45, 7) is 7.43. The topological polar surface area (TPSA) is 62.6 Å². The Balaban J connectivity index is 2.92. The molecule has 21 heavy (non-hydrogen) atoms. The Morgan fingerprint density at radius 1 is 1.38 bits per heavy atom. The molecule has 122 valence electrons. The molecule has 0 saturated heterocycles. The monoisotopic (exact) mass is 380 g/mol. The fourth-order valence-electron chi connectivity index (χ4n) is 2.04. The molecule has 0 saturated carbocycles. The van der Waals surface area contributed by atoms with Crippen molar-refractivity contribution in [1.29, 1.82) is 0 Å². The normalized spacial score (nSPS) is 13.8. The van der Waals surface area contributed by atoms with Crippen molar-refractivity contribution in [2.75, 3.05) is 13.6 Å². The molecule has 0 amide bonds. The first-order valence-electron chi connectivity index (χ1n) is 7.31. The Kier molecular flexibility index (Phi) is 7.39. The van der Waals surface area contributed by atoms with Gasteiger partial charge in [0.25, 0.3) is 0 Å². The van der Waals surface area contributed by atoms with Gasteiger partial charge in [0.15, 0.2) is 4.67 Å². The molecule has 0 fully saturated rings. The first kappa shape index (κ1) is 18.7. The minimum absolute atomic E-state index is 0.0385. The molecular weight excluding hydrogens is 356 g/mol. The van der Waals surface area contributed by atoms with Crippen LogP contribution < -0.4 is 5.32 Å². The first-order chi connectivity index (χ1) is 9.84. The van der Waals surface area contributed by atoms with E-state index in [-0.39, 0.29) is 15.6 Å². The van der Waals surface area contributed by atoms with Gasteiger partial charge in [0.1, 0.15) is 10.7 Å². The average molecular weight is 381 g/mol. The smallest absolute Gasteiger partial charge is 0.247 e. The summed E-state index contributed by atoms with van der Waals surface area (Å²) in [6, 6.07) is 1.56. The van der Waals surface area contributed by atoms with Crippen LogP contribution in [0.1, 0.15) is 45.8 Å². The third-order valence-electron chi connectivity index (χ3n) is 3.42. The van der Waals surface area contributed by atoms with E-state index in [9.17, 15) is 8.42 Å². The lowest BCUT2D eigenvalue weighted by Crippen LogP contribution is -2.34. The molecule has 1 unspecified atom stereocenters. The van der Waals surface area contributed by atoms with Gasteiger partial charge in [0.05, 0.1) is 6.54 Å². The van der Waals surface area contributed by atoms with Gasteiger partial charge in [0.2, 0.25) is 10.0 Å². The molecule has 0 aliphatic rings. The van der Waals surface area contributed by atoms with Gasteiger partial charge in [-0.05, 0) is 42.2 Å². The molecule has 0 aromatic carbocycles. The summed E-state index contributed by atoms with van der Waals surface area (Å²) in [6.07, 6.45) is 2.79. The lowest BCUT2D eigenvalue weighted by molar-refractivity contribution is 0.367. The second-order valence-corrected chi connectivity index (χ2v) is 7.87. The molecule has 7 heteroatoms. The zero-order chi connectivity index (χ0) is 16.0. The van der Waals surface area contributed by atoms with E-state index in [2.05, 4.69) is 28.2 Å². The van der Waals surface area contributed by atoms with Crippen LogP contribution in [0.2, 0.25) is 0 Å². The second-order valence-electron chi connectivity index (χ2n) is 5.19. The van der Waals surface area contributed by atoms with E-state index in [1.54, 1.807) is 13.1 Å². The number of halogens is 1. The average Bonchev–Trinajstić information content (AvgIpc) is 2.80. The van der Waals surface area contributed by atoms with Crippen molar-refractivity contribution in [2.45, 2.75) is 57.5 Å². The number of sulfonamides is 1. The molecule has 1 N–H and O–H groups in total. The fourth-order valence-corrected chi connectivity index (χ4v) is 4.39. The van der Waals surface area contributed by atoms with Gasteiger partial charge >= 0.3 is 0 Å². The van der Waals surface area contributed by atoms with Crippen molar-refractivity contribution in [1.82, 2.24) is 9.62 Å². The van der Waals surface area contributed by atoms with E-state index in [1.165, 1.54) is 4.31 Å². The highest BCUT2D eigenvalue weighted by Crippen LogP contribution is 2.29. The molecule has 5 nitrogen and oxygen atoms in total. The van der Waals surface area contributed by atoms with Crippen LogP contribution in [0.3, 0.4) is 0 Å². The van der Waals surface area contributed by atoms with Crippen LogP contribution in [-0.4, -0.2) is 32.4 Å². The van der Waals surface area contributed by atoms with Crippen LogP contribution in [0, 0.1) is 0 Å². The lowest BCUT2D eigenvalue weighted by Gasteiger charge is -2.23. The summed E-state index contributed by atoms with van der Waals surface area (Å²) in [7, 11) is -1.92. The first-order valence-corrected chi connectivity index (χ1v) is 9.54. The van der Waals surface area contributed by atoms with Crippen LogP contribution in [0.4, 0.5) is 0 Å². The Hall–Kier alpha value is -0.370. The highest BCUT2D eigenvalue weighted by molar-refractivity contribution is 9.10. The third-order valence-corrected chi connectivity index (χ3v) is 6.25. The summed E-state index contributed by atoms with van der Waals surface area (Å²) in [5.74, 6) is 0.616. The van der Waals surface area contributed by atoms with E-state index in [0.29, 0.717) is 12.3 Å². The third kappa shape index (κ3) is 4.81. The van der Waals surface area contributed by atoms with Gasteiger partial charge in [-0.25, -0.2) is 8.42 Å². The largest absolute Gasteiger partial charge is 0.452 e. The van der Waals surface area contributed by atoms with Crippen LogP contribution in [0.25, 0.3) is 0 Å². The standard InChI is InChI=1S/C14H25BrN2O3S/c1-5-7-11(3)17(4)21(18,19)13-9-12(20-14(13)15)10-16-8-6-2/h9,11,16H,5-8,10H2,1-4H3. The molecule has 1 atom stereocenters. The van der Waals surface area contributed by atoms with Crippen molar-refractivity contribution in [3.05, 3.63) is 16.5 Å². The summed E-state index contributed by atoms with van der Waals surface area (Å²) in [5, 5.41) is 3.19. The number of furan rings is 1. The van der Waals surface area contributed by atoms with Crippen LogP contribution in [0.5, 0.6) is 0 Å². The minimum atomic E-state index is -3.54. The van der Waals surface area contributed by atoms with Crippen LogP contribution >= 0.6 is 15.9 Å². The summed E-state index contributed by atoms with van der Waals surface area (Å²) >= 11 is 3.22. The summed E-state index contributed by atoms with van der Waals surface area (Å²) in [4.78, 5) is 0.196. The number of rotatable bonds is 9. The zero-order valence-corrected chi connectivity index (χ0v) is 15.6. The predicted octanol–water partition coefficient (Wildman–Crippen LogP) is 3.35. The van der Waals surface area contributed by atoms with Crippen LogP contribution in [-0.2, 0) is 16.6 Å². The van der Waals surface area contributed by atoms with Crippen molar-refractivity contribution in [3.63, 3.8) is 0 Å². The molecule has 1 heterocycles. The van der Waals surface area contributed by atoms with Crippen molar-refractivity contribution >= 4 is 26.0 Å². The van der Waals surface area contributed by atoms with Crippen molar-refractivity contribution in [2.24, 2.45) is 0 Å². The Labute approximate surface area is 136 Å². The maximum atomic E-state index is 12.6. The SMILES string of the molecule is CCCNCc1cc(S(=O)(=O)N(C)C(C)CCC)c(Br)o1. The highest BCUT2D eigenvalue weighted by Gasteiger charge is 2.29. The molecule has 0 aliphatic carbocycles. The second kappa shape index (κ2) is 8.31. The number of nitrogens with one attached hydrogen (secondary N) is 1.